The standard InChI is InChI=1S/C11H15N/c1-9-5-4-8-12-11(9)10-6-2-3-7-10/h4-5,8,10H,2-3,6-7H2,1H3. The lowest BCUT2D eigenvalue weighted by Gasteiger charge is -2.10. The van der Waals surface area contributed by atoms with Crippen LogP contribution in [0.5, 0.6) is 0 Å². The Bertz CT molecular complexity index is 261. The molecule has 0 radical (unpaired) electrons. The molecular weight excluding hydrogens is 146 g/mol. The van der Waals surface area contributed by atoms with E-state index < -0.39 is 0 Å². The molecule has 0 spiro atoms. The monoisotopic (exact) mass is 161 g/mol. The van der Waals surface area contributed by atoms with Crippen LogP contribution in [-0.4, -0.2) is 4.98 Å². The molecule has 1 heterocycles. The highest BCUT2D eigenvalue weighted by molar-refractivity contribution is 5.22. The first-order chi connectivity index (χ1) is 5.88. The summed E-state index contributed by atoms with van der Waals surface area (Å²) in [6.45, 7) is 2.17. The third kappa shape index (κ3) is 1.36. The zero-order valence-electron chi connectivity index (χ0n) is 7.59. The van der Waals surface area contributed by atoms with Crippen LogP contribution in [0.4, 0.5) is 0 Å². The second kappa shape index (κ2) is 3.26. The molecule has 0 saturated heterocycles. The highest BCUT2D eigenvalue weighted by Gasteiger charge is 2.19. The molecule has 0 N–H and O–H groups in total. The van der Waals surface area contributed by atoms with Crippen molar-refractivity contribution in [2.24, 2.45) is 0 Å². The lowest BCUT2D eigenvalue weighted by Crippen LogP contribution is -1.98. The maximum atomic E-state index is 4.46. The quantitative estimate of drug-likeness (QED) is 0.617. The molecule has 1 aromatic heterocycles. The summed E-state index contributed by atoms with van der Waals surface area (Å²) in [6.07, 6.45) is 7.39. The predicted octanol–water partition coefficient (Wildman–Crippen LogP) is 3.05. The van der Waals surface area contributed by atoms with Gasteiger partial charge in [0, 0.05) is 17.8 Å². The van der Waals surface area contributed by atoms with Crippen molar-refractivity contribution in [3.05, 3.63) is 29.6 Å². The largest absolute Gasteiger partial charge is 0.261 e. The fraction of sp³-hybridized carbons (Fsp3) is 0.545. The molecule has 2 rings (SSSR count). The Labute approximate surface area is 73.8 Å². The summed E-state index contributed by atoms with van der Waals surface area (Å²) in [5.74, 6) is 0.756. The van der Waals surface area contributed by atoms with Crippen LogP contribution < -0.4 is 0 Å². The van der Waals surface area contributed by atoms with Gasteiger partial charge in [-0.05, 0) is 31.4 Å². The third-order valence-electron chi connectivity index (χ3n) is 2.79. The normalized spacial score (nSPS) is 18.4. The van der Waals surface area contributed by atoms with E-state index in [9.17, 15) is 0 Å². The summed E-state index contributed by atoms with van der Waals surface area (Å²) in [5.41, 5.74) is 2.71. The molecule has 0 atom stereocenters. The summed E-state index contributed by atoms with van der Waals surface area (Å²) in [4.78, 5) is 4.46. The third-order valence-corrected chi connectivity index (χ3v) is 2.79. The number of nitrogens with zero attached hydrogens (tertiary/aromatic N) is 1. The Morgan fingerprint density at radius 3 is 2.75 bits per heavy atom. The molecule has 1 fully saturated rings. The average Bonchev–Trinajstić information content (AvgIpc) is 2.57. The Kier molecular flexibility index (Phi) is 2.11. The van der Waals surface area contributed by atoms with Gasteiger partial charge < -0.3 is 0 Å². The highest BCUT2D eigenvalue weighted by Crippen LogP contribution is 2.33. The van der Waals surface area contributed by atoms with Crippen LogP contribution in [0.1, 0.15) is 42.9 Å². The Morgan fingerprint density at radius 2 is 2.08 bits per heavy atom. The van der Waals surface area contributed by atoms with Crippen LogP contribution in [0.25, 0.3) is 0 Å². The van der Waals surface area contributed by atoms with Crippen molar-refractivity contribution in [1.29, 1.82) is 0 Å². The van der Waals surface area contributed by atoms with Gasteiger partial charge >= 0.3 is 0 Å². The van der Waals surface area contributed by atoms with Gasteiger partial charge in [-0.1, -0.05) is 18.9 Å². The van der Waals surface area contributed by atoms with Gasteiger partial charge in [0.15, 0.2) is 0 Å². The van der Waals surface area contributed by atoms with Gasteiger partial charge in [0.2, 0.25) is 0 Å². The van der Waals surface area contributed by atoms with E-state index in [-0.39, 0.29) is 0 Å². The van der Waals surface area contributed by atoms with E-state index in [1.165, 1.54) is 36.9 Å². The van der Waals surface area contributed by atoms with Gasteiger partial charge in [0.05, 0.1) is 0 Å². The van der Waals surface area contributed by atoms with E-state index in [1.807, 2.05) is 12.3 Å². The first-order valence-corrected chi connectivity index (χ1v) is 4.79. The van der Waals surface area contributed by atoms with E-state index in [4.69, 9.17) is 0 Å². The second-order valence-corrected chi connectivity index (χ2v) is 3.69. The molecule has 1 nitrogen and oxygen atoms in total. The molecule has 0 aliphatic heterocycles. The molecule has 1 aliphatic carbocycles. The molecule has 1 aliphatic rings. The van der Waals surface area contributed by atoms with Crippen LogP contribution >= 0.6 is 0 Å². The van der Waals surface area contributed by atoms with Crippen molar-refractivity contribution in [1.82, 2.24) is 4.98 Å². The second-order valence-electron chi connectivity index (χ2n) is 3.69. The zero-order valence-corrected chi connectivity index (χ0v) is 7.59. The predicted molar refractivity (Wildman–Crippen MR) is 50.2 cm³/mol. The van der Waals surface area contributed by atoms with Crippen molar-refractivity contribution >= 4 is 0 Å². The summed E-state index contributed by atoms with van der Waals surface area (Å²) >= 11 is 0. The van der Waals surface area contributed by atoms with Crippen LogP contribution in [0.3, 0.4) is 0 Å². The minimum absolute atomic E-state index is 0.756. The van der Waals surface area contributed by atoms with Crippen LogP contribution in [0.15, 0.2) is 18.3 Å². The molecule has 1 saturated carbocycles. The average molecular weight is 161 g/mol. The summed E-state index contributed by atoms with van der Waals surface area (Å²) in [7, 11) is 0. The van der Waals surface area contributed by atoms with Crippen molar-refractivity contribution in [3.8, 4) is 0 Å². The van der Waals surface area contributed by atoms with Gasteiger partial charge in [-0.15, -0.1) is 0 Å². The van der Waals surface area contributed by atoms with Crippen LogP contribution in [-0.2, 0) is 0 Å². The molecular formula is C11H15N. The smallest absolute Gasteiger partial charge is 0.0463 e. The summed E-state index contributed by atoms with van der Waals surface area (Å²) < 4.78 is 0. The maximum Gasteiger partial charge on any atom is 0.0463 e. The topological polar surface area (TPSA) is 12.9 Å². The van der Waals surface area contributed by atoms with Gasteiger partial charge in [0.1, 0.15) is 0 Å². The summed E-state index contributed by atoms with van der Waals surface area (Å²) in [5, 5.41) is 0. The van der Waals surface area contributed by atoms with E-state index in [0.29, 0.717) is 0 Å². The van der Waals surface area contributed by atoms with Crippen molar-refractivity contribution in [3.63, 3.8) is 0 Å². The molecule has 1 aromatic rings. The number of hydrogen-bond donors (Lipinski definition) is 0. The Balaban J connectivity index is 2.26. The SMILES string of the molecule is Cc1cccnc1C1CCCC1. The molecule has 0 aromatic carbocycles. The Hall–Kier alpha value is -0.850. The summed E-state index contributed by atoms with van der Waals surface area (Å²) in [6, 6.07) is 4.19. The van der Waals surface area contributed by atoms with E-state index in [0.717, 1.165) is 5.92 Å². The highest BCUT2D eigenvalue weighted by atomic mass is 14.7. The first kappa shape index (κ1) is 7.78. The van der Waals surface area contributed by atoms with E-state index in [1.54, 1.807) is 0 Å². The van der Waals surface area contributed by atoms with Gasteiger partial charge in [0.25, 0.3) is 0 Å². The van der Waals surface area contributed by atoms with Crippen LogP contribution in [0.2, 0.25) is 0 Å². The molecule has 64 valence electrons. The van der Waals surface area contributed by atoms with Crippen molar-refractivity contribution < 1.29 is 0 Å². The molecule has 0 unspecified atom stereocenters. The lowest BCUT2D eigenvalue weighted by molar-refractivity contribution is 0.691. The number of hydrogen-bond acceptors (Lipinski definition) is 1. The molecule has 0 bridgehead atoms. The van der Waals surface area contributed by atoms with Crippen molar-refractivity contribution in [2.45, 2.75) is 38.5 Å². The number of aromatic nitrogens is 1. The number of rotatable bonds is 1. The van der Waals surface area contributed by atoms with Gasteiger partial charge in [-0.3, -0.25) is 4.98 Å². The molecule has 12 heavy (non-hydrogen) atoms. The first-order valence-electron chi connectivity index (χ1n) is 4.79. The molecule has 0 amide bonds. The minimum Gasteiger partial charge on any atom is -0.261 e. The molecule has 1 heteroatoms. The van der Waals surface area contributed by atoms with Crippen molar-refractivity contribution in [2.75, 3.05) is 0 Å². The zero-order chi connectivity index (χ0) is 8.39. The fourth-order valence-electron chi connectivity index (χ4n) is 2.12. The maximum absolute atomic E-state index is 4.46. The van der Waals surface area contributed by atoms with E-state index >= 15 is 0 Å². The fourth-order valence-corrected chi connectivity index (χ4v) is 2.12. The Morgan fingerprint density at radius 1 is 1.33 bits per heavy atom. The number of aryl methyl sites for hydroxylation is 1. The van der Waals surface area contributed by atoms with Crippen LogP contribution in [0, 0.1) is 6.92 Å². The van der Waals surface area contributed by atoms with E-state index in [2.05, 4.69) is 18.0 Å². The van der Waals surface area contributed by atoms with Gasteiger partial charge in [-0.2, -0.15) is 0 Å². The minimum atomic E-state index is 0.756. The lowest BCUT2D eigenvalue weighted by atomic mass is 9.99. The number of pyridine rings is 1. The van der Waals surface area contributed by atoms with Gasteiger partial charge in [-0.25, -0.2) is 0 Å².